The predicted octanol–water partition coefficient (Wildman–Crippen LogP) is 1.94. The summed E-state index contributed by atoms with van der Waals surface area (Å²) < 4.78 is 8.82. The van der Waals surface area contributed by atoms with Crippen molar-refractivity contribution in [2.45, 2.75) is 37.9 Å². The van der Waals surface area contributed by atoms with Gasteiger partial charge in [-0.25, -0.2) is 7.91 Å². The highest BCUT2D eigenvalue weighted by Crippen LogP contribution is 2.23. The van der Waals surface area contributed by atoms with Gasteiger partial charge in [0.05, 0.1) is 10.2 Å². The van der Waals surface area contributed by atoms with Crippen molar-refractivity contribution >= 4 is 31.2 Å². The molecule has 0 saturated carbocycles. The van der Waals surface area contributed by atoms with Gasteiger partial charge < -0.3 is 9.84 Å². The van der Waals surface area contributed by atoms with Crippen LogP contribution in [0.1, 0.15) is 25.7 Å². The highest BCUT2D eigenvalue weighted by molar-refractivity contribution is 14.2. The molecule has 0 radical (unpaired) electrons. The lowest BCUT2D eigenvalue weighted by Gasteiger charge is -2.17. The number of ether oxygens (including phenoxy) is 1. The van der Waals surface area contributed by atoms with E-state index in [2.05, 4.69) is 0 Å². The van der Waals surface area contributed by atoms with Crippen molar-refractivity contribution in [2.75, 3.05) is 0 Å². The molecule has 1 N–H and O–H groups in total. The van der Waals surface area contributed by atoms with Crippen molar-refractivity contribution in [3.05, 3.63) is 12.2 Å². The topological polar surface area (TPSA) is 49.5 Å². The summed E-state index contributed by atoms with van der Waals surface area (Å²) >= 11 is -0.156. The Kier molecular flexibility index (Phi) is 3.74. The van der Waals surface area contributed by atoms with Gasteiger partial charge in [0.1, 0.15) is 6.10 Å². The molecule has 15 heavy (non-hydrogen) atoms. The van der Waals surface area contributed by atoms with Crippen LogP contribution in [0.25, 0.3) is 0 Å². The molecule has 2 rings (SSSR count). The normalized spacial score (nSPS) is 30.1. The standard InChI is InChI=1S/C10H14INO3/c13-8-3-1-2-4-9(6-5-8)15-10(14)12-7-11-12/h5-9,13H,1-4H2. The van der Waals surface area contributed by atoms with Gasteiger partial charge in [-0.1, -0.05) is 12.5 Å². The Morgan fingerprint density at radius 3 is 2.87 bits per heavy atom. The second-order valence-corrected chi connectivity index (χ2v) is 5.82. The molecule has 0 aromatic rings. The maximum Gasteiger partial charge on any atom is 0.423 e. The molecular weight excluding hydrogens is 309 g/mol. The van der Waals surface area contributed by atoms with E-state index in [0.29, 0.717) is 0 Å². The summed E-state index contributed by atoms with van der Waals surface area (Å²) in [7, 11) is 0. The molecule has 0 aromatic heterocycles. The average Bonchev–Trinajstić information content (AvgIpc) is 3.00. The van der Waals surface area contributed by atoms with Crippen molar-refractivity contribution in [1.29, 1.82) is 0 Å². The van der Waals surface area contributed by atoms with Crippen molar-refractivity contribution in [2.24, 2.45) is 0 Å². The van der Waals surface area contributed by atoms with Gasteiger partial charge in [0.2, 0.25) is 0 Å². The van der Waals surface area contributed by atoms with Gasteiger partial charge in [-0.3, -0.25) is 0 Å². The third kappa shape index (κ3) is 3.57. The fourth-order valence-corrected chi connectivity index (χ4v) is 2.22. The first kappa shape index (κ1) is 11.1. The Hall–Kier alpha value is -0.430. The van der Waals surface area contributed by atoms with Gasteiger partial charge in [0.25, 0.3) is 0 Å². The lowest BCUT2D eigenvalue weighted by Crippen LogP contribution is -2.22. The largest absolute Gasteiger partial charge is 0.441 e. The maximum absolute atomic E-state index is 11.4. The lowest BCUT2D eigenvalue weighted by atomic mass is 10.0. The van der Waals surface area contributed by atoms with E-state index in [1.54, 1.807) is 9.19 Å². The molecule has 4 nitrogen and oxygen atoms in total. The average molecular weight is 323 g/mol. The quantitative estimate of drug-likeness (QED) is 0.456. The van der Waals surface area contributed by atoms with Crippen LogP contribution in [0.2, 0.25) is 0 Å². The van der Waals surface area contributed by atoms with Crippen LogP contribution < -0.4 is 0 Å². The van der Waals surface area contributed by atoms with E-state index in [9.17, 15) is 9.90 Å². The van der Waals surface area contributed by atoms with Crippen LogP contribution in [0.3, 0.4) is 0 Å². The lowest BCUT2D eigenvalue weighted by molar-refractivity contribution is 0.107. The van der Waals surface area contributed by atoms with Gasteiger partial charge in [-0.05, 0) is 25.3 Å². The smallest absolute Gasteiger partial charge is 0.423 e. The predicted molar refractivity (Wildman–Crippen MR) is 65.8 cm³/mol. The molecule has 0 bridgehead atoms. The van der Waals surface area contributed by atoms with Gasteiger partial charge in [0, 0.05) is 21.0 Å². The third-order valence-corrected chi connectivity index (χ3v) is 3.92. The fraction of sp³-hybridized carbons (Fsp3) is 0.600. The highest BCUT2D eigenvalue weighted by Gasteiger charge is 2.22. The molecule has 1 amide bonds. The molecule has 2 unspecified atom stereocenters. The summed E-state index contributed by atoms with van der Waals surface area (Å²) in [4.78, 5) is 11.4. The molecule has 2 atom stereocenters. The van der Waals surface area contributed by atoms with Gasteiger partial charge >= 0.3 is 6.09 Å². The number of hydrogen-bond donors (Lipinski definition) is 1. The summed E-state index contributed by atoms with van der Waals surface area (Å²) in [6.07, 6.45) is 6.43. The minimum absolute atomic E-state index is 0.156. The summed E-state index contributed by atoms with van der Waals surface area (Å²) in [5.41, 5.74) is 0. The second kappa shape index (κ2) is 5.07. The molecular formula is C10H14INO3. The Bertz CT molecular complexity index is 297. The Morgan fingerprint density at radius 2 is 2.13 bits per heavy atom. The van der Waals surface area contributed by atoms with Crippen molar-refractivity contribution in [3.8, 4) is 0 Å². The minimum atomic E-state index is -0.383. The maximum atomic E-state index is 11.4. The van der Waals surface area contributed by atoms with Crippen molar-refractivity contribution in [1.82, 2.24) is 3.11 Å². The number of amides is 1. The number of carbonyl (C=O) groups excluding carboxylic acids is 1. The summed E-state index contributed by atoms with van der Waals surface area (Å²) in [5.74, 6) is 0. The molecule has 0 fully saturated rings. The van der Waals surface area contributed by atoms with Crippen LogP contribution in [0.15, 0.2) is 12.2 Å². The Balaban J connectivity index is 1.85. The number of rotatable bonds is 1. The minimum Gasteiger partial charge on any atom is -0.441 e. The molecule has 0 saturated heterocycles. The summed E-state index contributed by atoms with van der Waals surface area (Å²) in [6, 6.07) is 0. The zero-order valence-electron chi connectivity index (χ0n) is 8.30. The first-order valence-corrected chi connectivity index (χ1v) is 7.30. The zero-order chi connectivity index (χ0) is 10.7. The van der Waals surface area contributed by atoms with Gasteiger partial charge in [-0.2, -0.15) is 0 Å². The molecule has 84 valence electrons. The summed E-state index contributed by atoms with van der Waals surface area (Å²) in [5, 5.41) is 9.45. The molecule has 1 aliphatic heterocycles. The Labute approximate surface area is 99.0 Å². The van der Waals surface area contributed by atoms with E-state index < -0.39 is 0 Å². The van der Waals surface area contributed by atoms with Crippen LogP contribution in [0.5, 0.6) is 0 Å². The van der Waals surface area contributed by atoms with E-state index in [1.165, 1.54) is 0 Å². The molecule has 1 aliphatic carbocycles. The molecule has 1 heterocycles. The SMILES string of the molecule is O=C(OC1C=CC(O)CCCC1)N1C=I1. The van der Waals surface area contributed by atoms with E-state index in [1.807, 2.05) is 10.2 Å². The van der Waals surface area contributed by atoms with Gasteiger partial charge in [0.15, 0.2) is 0 Å². The molecule has 0 spiro atoms. The number of aliphatic hydroxyl groups is 1. The van der Waals surface area contributed by atoms with Crippen molar-refractivity contribution < 1.29 is 14.6 Å². The van der Waals surface area contributed by atoms with Crippen LogP contribution in [-0.2, 0) is 4.74 Å². The fourth-order valence-electron chi connectivity index (χ4n) is 1.52. The van der Waals surface area contributed by atoms with Crippen LogP contribution in [0.4, 0.5) is 4.79 Å². The number of aliphatic hydroxyl groups excluding tert-OH is 1. The van der Waals surface area contributed by atoms with E-state index >= 15 is 0 Å². The van der Waals surface area contributed by atoms with E-state index in [4.69, 9.17) is 4.74 Å². The molecule has 2 aliphatic rings. The monoisotopic (exact) mass is 323 g/mol. The number of halogens is 1. The van der Waals surface area contributed by atoms with E-state index in [-0.39, 0.29) is 39.3 Å². The van der Waals surface area contributed by atoms with Crippen molar-refractivity contribution in [3.63, 3.8) is 0 Å². The number of hydrogen-bond acceptors (Lipinski definition) is 3. The van der Waals surface area contributed by atoms with E-state index in [0.717, 1.165) is 25.7 Å². The number of nitrogens with zero attached hydrogens (tertiary/aromatic N) is 1. The van der Waals surface area contributed by atoms with Crippen LogP contribution in [0, 0.1) is 0 Å². The first-order valence-electron chi connectivity index (χ1n) is 5.09. The van der Waals surface area contributed by atoms with Crippen LogP contribution >= 0.6 is 21.0 Å². The molecule has 0 aromatic carbocycles. The second-order valence-electron chi connectivity index (χ2n) is 3.67. The summed E-state index contributed by atoms with van der Waals surface area (Å²) in [6.45, 7) is 0. The van der Waals surface area contributed by atoms with Crippen LogP contribution in [-0.4, -0.2) is 30.7 Å². The highest BCUT2D eigenvalue weighted by atomic mass is 127. The third-order valence-electron chi connectivity index (χ3n) is 2.41. The number of carbonyl (C=O) groups is 1. The zero-order valence-corrected chi connectivity index (χ0v) is 10.5. The van der Waals surface area contributed by atoms with Gasteiger partial charge in [-0.15, -0.1) is 0 Å². The Morgan fingerprint density at radius 1 is 1.40 bits per heavy atom. The first-order chi connectivity index (χ1) is 7.25. The molecule has 5 heteroatoms.